The van der Waals surface area contributed by atoms with Gasteiger partial charge in [0.05, 0.1) is 10.6 Å². The van der Waals surface area contributed by atoms with Crippen LogP contribution in [0.5, 0.6) is 0 Å². The van der Waals surface area contributed by atoms with Gasteiger partial charge in [-0.15, -0.1) is 0 Å². The Labute approximate surface area is 173 Å². The number of hydrogen-bond donors (Lipinski definition) is 0. The van der Waals surface area contributed by atoms with Crippen molar-refractivity contribution in [1.29, 1.82) is 0 Å². The van der Waals surface area contributed by atoms with Crippen molar-refractivity contribution in [3.63, 3.8) is 0 Å². The lowest BCUT2D eigenvalue weighted by Crippen LogP contribution is -1.92. The molecule has 0 N–H and O–H groups in total. The summed E-state index contributed by atoms with van der Waals surface area (Å²) in [6.07, 6.45) is 3.97. The van der Waals surface area contributed by atoms with Gasteiger partial charge in [-0.1, -0.05) is 72.8 Å². The minimum Gasteiger partial charge on any atom is -0.305 e. The molecule has 0 atom stereocenters. The first-order valence-corrected chi connectivity index (χ1v) is 9.57. The van der Waals surface area contributed by atoms with Gasteiger partial charge in [0.2, 0.25) is 0 Å². The second-order valence-electron chi connectivity index (χ2n) is 7.04. The molecule has 5 nitrogen and oxygen atoms in total. The van der Waals surface area contributed by atoms with E-state index < -0.39 is 0 Å². The van der Waals surface area contributed by atoms with E-state index in [0.29, 0.717) is 0 Å². The minimum atomic E-state index is -0.370. The molecule has 0 spiro atoms. The lowest BCUT2D eigenvalue weighted by atomic mass is 10.0. The second kappa shape index (κ2) is 7.29. The van der Waals surface area contributed by atoms with Crippen molar-refractivity contribution < 1.29 is 4.92 Å². The molecule has 0 aliphatic carbocycles. The third-order valence-corrected chi connectivity index (χ3v) is 5.10. The summed E-state index contributed by atoms with van der Waals surface area (Å²) in [5.41, 5.74) is 6.53. The predicted molar refractivity (Wildman–Crippen MR) is 118 cm³/mol. The highest BCUT2D eigenvalue weighted by molar-refractivity contribution is 5.84. The summed E-state index contributed by atoms with van der Waals surface area (Å²) < 4.78 is 2.00. The van der Waals surface area contributed by atoms with Crippen molar-refractivity contribution >= 4 is 11.3 Å². The first-order valence-electron chi connectivity index (χ1n) is 9.57. The maximum atomic E-state index is 11.2. The monoisotopic (exact) mass is 391 g/mol. The number of imidazole rings is 1. The molecular formula is C25H17N3O2. The number of rotatable bonds is 4. The summed E-state index contributed by atoms with van der Waals surface area (Å²) in [4.78, 5) is 15.8. The van der Waals surface area contributed by atoms with Crippen molar-refractivity contribution in [2.75, 3.05) is 0 Å². The van der Waals surface area contributed by atoms with Gasteiger partial charge in [0, 0.05) is 35.7 Å². The Balaban J connectivity index is 1.75. The number of fused-ring (bicyclic) bond motifs is 1. The molecule has 3 aromatic carbocycles. The zero-order chi connectivity index (χ0) is 20.5. The average Bonchev–Trinajstić information content (AvgIpc) is 3.24. The number of non-ortho nitro benzene ring substituents is 1. The molecule has 5 heteroatoms. The third-order valence-electron chi connectivity index (χ3n) is 5.10. The maximum absolute atomic E-state index is 11.2. The summed E-state index contributed by atoms with van der Waals surface area (Å²) in [6.45, 7) is 0. The van der Waals surface area contributed by atoms with Crippen LogP contribution in [0.15, 0.2) is 103 Å². The van der Waals surface area contributed by atoms with E-state index in [0.717, 1.165) is 39.2 Å². The molecule has 144 valence electrons. The Hall–Kier alpha value is -4.25. The van der Waals surface area contributed by atoms with Crippen LogP contribution in [0.25, 0.3) is 39.2 Å². The zero-order valence-corrected chi connectivity index (χ0v) is 16.0. The van der Waals surface area contributed by atoms with E-state index in [1.807, 2.05) is 89.6 Å². The third kappa shape index (κ3) is 3.22. The van der Waals surface area contributed by atoms with Crippen LogP contribution in [0, 0.1) is 10.1 Å². The van der Waals surface area contributed by atoms with Gasteiger partial charge in [0.25, 0.3) is 5.69 Å². The highest BCUT2D eigenvalue weighted by atomic mass is 16.6. The highest BCUT2D eigenvalue weighted by Gasteiger charge is 2.14. The quantitative estimate of drug-likeness (QED) is 0.269. The predicted octanol–water partition coefficient (Wildman–Crippen LogP) is 6.24. The number of nitro benzene ring substituents is 1. The van der Waals surface area contributed by atoms with Crippen molar-refractivity contribution in [3.05, 3.63) is 114 Å². The molecule has 0 aliphatic heterocycles. The molecule has 0 aliphatic rings. The van der Waals surface area contributed by atoms with E-state index in [2.05, 4.69) is 0 Å². The molecule has 0 fully saturated rings. The van der Waals surface area contributed by atoms with Crippen LogP contribution < -0.4 is 0 Å². The van der Waals surface area contributed by atoms with Gasteiger partial charge in [0.15, 0.2) is 0 Å². The zero-order valence-electron chi connectivity index (χ0n) is 16.0. The van der Waals surface area contributed by atoms with E-state index in [4.69, 9.17) is 4.98 Å². The Bertz CT molecular complexity index is 1360. The Morgan fingerprint density at radius 1 is 0.700 bits per heavy atom. The fourth-order valence-corrected chi connectivity index (χ4v) is 3.63. The van der Waals surface area contributed by atoms with Crippen LogP contribution in [0.3, 0.4) is 0 Å². The second-order valence-corrected chi connectivity index (χ2v) is 7.04. The van der Waals surface area contributed by atoms with E-state index in [1.54, 1.807) is 12.1 Å². The molecule has 0 saturated carbocycles. The van der Waals surface area contributed by atoms with Crippen LogP contribution in [-0.4, -0.2) is 14.3 Å². The van der Waals surface area contributed by atoms with E-state index in [9.17, 15) is 10.1 Å². The highest BCUT2D eigenvalue weighted by Crippen LogP contribution is 2.32. The molecule has 0 bridgehead atoms. The lowest BCUT2D eigenvalue weighted by Gasteiger charge is -2.09. The van der Waals surface area contributed by atoms with Gasteiger partial charge >= 0.3 is 0 Å². The van der Waals surface area contributed by atoms with Crippen LogP contribution in [0.4, 0.5) is 5.69 Å². The molecule has 30 heavy (non-hydrogen) atoms. The molecule has 2 heterocycles. The number of aromatic nitrogens is 2. The molecule has 0 saturated heterocycles. The number of nitro groups is 1. The SMILES string of the molecule is O=[N+]([O-])c1cccc(-c2cc(-c3ccccc3)c3nc(-c4ccccc4)cn3c2)c1. The molecular weight excluding hydrogens is 374 g/mol. The van der Waals surface area contributed by atoms with Gasteiger partial charge in [-0.25, -0.2) is 4.98 Å². The van der Waals surface area contributed by atoms with Crippen LogP contribution in [0.2, 0.25) is 0 Å². The van der Waals surface area contributed by atoms with Crippen LogP contribution in [0.1, 0.15) is 0 Å². The molecule has 5 aromatic rings. The van der Waals surface area contributed by atoms with Crippen LogP contribution >= 0.6 is 0 Å². The van der Waals surface area contributed by atoms with Crippen LogP contribution in [-0.2, 0) is 0 Å². The molecule has 0 unspecified atom stereocenters. The van der Waals surface area contributed by atoms with Gasteiger partial charge in [0.1, 0.15) is 5.65 Å². The standard InChI is InChI=1S/C25H17N3O2/c29-28(30)22-13-7-12-20(14-22)21-15-23(18-8-3-1-4-9-18)25-26-24(17-27(25)16-21)19-10-5-2-6-11-19/h1-17H. The first-order chi connectivity index (χ1) is 14.7. The fourth-order valence-electron chi connectivity index (χ4n) is 3.63. The first kappa shape index (κ1) is 17.8. The smallest absolute Gasteiger partial charge is 0.270 e. The summed E-state index contributed by atoms with van der Waals surface area (Å²) >= 11 is 0. The Morgan fingerprint density at radius 3 is 2.07 bits per heavy atom. The molecule has 0 amide bonds. The number of hydrogen-bond acceptors (Lipinski definition) is 3. The Morgan fingerprint density at radius 2 is 1.37 bits per heavy atom. The van der Waals surface area contributed by atoms with E-state index >= 15 is 0 Å². The lowest BCUT2D eigenvalue weighted by molar-refractivity contribution is -0.384. The summed E-state index contributed by atoms with van der Waals surface area (Å²) in [5, 5.41) is 11.2. The van der Waals surface area contributed by atoms with Crippen molar-refractivity contribution in [2.45, 2.75) is 0 Å². The van der Waals surface area contributed by atoms with Crippen molar-refractivity contribution in [2.24, 2.45) is 0 Å². The maximum Gasteiger partial charge on any atom is 0.270 e. The van der Waals surface area contributed by atoms with Gasteiger partial charge in [-0.3, -0.25) is 10.1 Å². The fraction of sp³-hybridized carbons (Fsp3) is 0. The van der Waals surface area contributed by atoms with Gasteiger partial charge in [-0.2, -0.15) is 0 Å². The van der Waals surface area contributed by atoms with E-state index in [-0.39, 0.29) is 10.6 Å². The number of benzene rings is 3. The van der Waals surface area contributed by atoms with Crippen molar-refractivity contribution in [3.8, 4) is 33.5 Å². The normalized spacial score (nSPS) is 10.9. The minimum absolute atomic E-state index is 0.0736. The summed E-state index contributed by atoms with van der Waals surface area (Å²) in [7, 11) is 0. The summed E-state index contributed by atoms with van der Waals surface area (Å²) in [6, 6.07) is 28.8. The topological polar surface area (TPSA) is 60.4 Å². The van der Waals surface area contributed by atoms with Crippen molar-refractivity contribution in [1.82, 2.24) is 9.38 Å². The molecule has 2 aromatic heterocycles. The van der Waals surface area contributed by atoms with Gasteiger partial charge < -0.3 is 4.40 Å². The Kier molecular flexibility index (Phi) is 4.33. The summed E-state index contributed by atoms with van der Waals surface area (Å²) in [5.74, 6) is 0. The molecule has 0 radical (unpaired) electrons. The molecule has 5 rings (SSSR count). The average molecular weight is 391 g/mol. The van der Waals surface area contributed by atoms with Gasteiger partial charge in [-0.05, 0) is 22.8 Å². The number of pyridine rings is 1. The largest absolute Gasteiger partial charge is 0.305 e. The number of nitrogens with zero attached hydrogens (tertiary/aromatic N) is 3. The van der Waals surface area contributed by atoms with E-state index in [1.165, 1.54) is 6.07 Å².